The molecule has 0 N–H and O–H groups in total. The van der Waals surface area contributed by atoms with Gasteiger partial charge in [0, 0.05) is 5.29 Å². The SMILES string of the molecule is c1ccc(P(=C2c3c(ccc4ccccc34)-c3ccc4ccccc4c32)(c2ccccc2)c2ccccc2)cc1. The third kappa shape index (κ3) is 3.27. The fourth-order valence-corrected chi connectivity index (χ4v) is 11.4. The number of hydrogen-bond acceptors (Lipinski definition) is 0. The van der Waals surface area contributed by atoms with Crippen LogP contribution in [0.25, 0.3) is 32.7 Å². The van der Waals surface area contributed by atoms with Crippen molar-refractivity contribution in [2.24, 2.45) is 0 Å². The lowest BCUT2D eigenvalue weighted by atomic mass is 9.99. The molecule has 7 aromatic carbocycles. The second-order valence-corrected chi connectivity index (χ2v) is 13.8. The Balaban J connectivity index is 1.75. The van der Waals surface area contributed by atoms with E-state index >= 15 is 0 Å². The van der Waals surface area contributed by atoms with Gasteiger partial charge in [-0.15, -0.1) is 0 Å². The third-order valence-electron chi connectivity index (χ3n) is 8.39. The van der Waals surface area contributed by atoms with Gasteiger partial charge in [-0.1, -0.05) is 164 Å². The Bertz CT molecular complexity index is 1900. The molecule has 40 heavy (non-hydrogen) atoms. The number of hydrogen-bond donors (Lipinski definition) is 0. The molecule has 188 valence electrons. The fourth-order valence-electron chi connectivity index (χ4n) is 6.75. The third-order valence-corrected chi connectivity index (χ3v) is 12.7. The van der Waals surface area contributed by atoms with Crippen LogP contribution in [0.3, 0.4) is 0 Å². The molecule has 0 aromatic heterocycles. The number of benzene rings is 7. The molecule has 0 fully saturated rings. The average Bonchev–Trinajstić information content (AvgIpc) is 3.39. The van der Waals surface area contributed by atoms with Crippen LogP contribution in [-0.4, -0.2) is 5.29 Å². The lowest BCUT2D eigenvalue weighted by Gasteiger charge is -2.33. The van der Waals surface area contributed by atoms with Crippen LogP contribution in [-0.2, 0) is 0 Å². The van der Waals surface area contributed by atoms with Gasteiger partial charge in [0.15, 0.2) is 0 Å². The highest BCUT2D eigenvalue weighted by molar-refractivity contribution is 7.96. The molecule has 1 heteroatoms. The molecule has 0 saturated carbocycles. The van der Waals surface area contributed by atoms with Crippen LogP contribution >= 0.6 is 6.89 Å². The molecule has 1 aliphatic rings. The quantitative estimate of drug-likeness (QED) is 0.202. The van der Waals surface area contributed by atoms with Crippen molar-refractivity contribution in [2.45, 2.75) is 0 Å². The van der Waals surface area contributed by atoms with Crippen molar-refractivity contribution >= 4 is 49.6 Å². The lowest BCUT2D eigenvalue weighted by Crippen LogP contribution is -2.30. The maximum absolute atomic E-state index is 2.36. The van der Waals surface area contributed by atoms with E-state index in [0.29, 0.717) is 0 Å². The zero-order chi connectivity index (χ0) is 26.5. The van der Waals surface area contributed by atoms with Gasteiger partial charge in [-0.3, -0.25) is 0 Å². The van der Waals surface area contributed by atoms with Crippen LogP contribution in [0.1, 0.15) is 11.1 Å². The molecule has 8 rings (SSSR count). The van der Waals surface area contributed by atoms with Crippen LogP contribution in [0.4, 0.5) is 0 Å². The molecule has 0 amide bonds. The van der Waals surface area contributed by atoms with Crippen molar-refractivity contribution in [1.82, 2.24) is 0 Å². The Labute approximate surface area is 235 Å². The predicted molar refractivity (Wildman–Crippen MR) is 175 cm³/mol. The van der Waals surface area contributed by atoms with Crippen LogP contribution in [0, 0.1) is 0 Å². The van der Waals surface area contributed by atoms with Gasteiger partial charge in [0.25, 0.3) is 0 Å². The summed E-state index contributed by atoms with van der Waals surface area (Å²) in [6.45, 7) is -2.36. The summed E-state index contributed by atoms with van der Waals surface area (Å²) in [6.07, 6.45) is 0. The molecule has 0 nitrogen and oxygen atoms in total. The van der Waals surface area contributed by atoms with E-state index in [1.807, 2.05) is 0 Å². The van der Waals surface area contributed by atoms with Gasteiger partial charge in [0.1, 0.15) is 0 Å². The van der Waals surface area contributed by atoms with Crippen molar-refractivity contribution < 1.29 is 0 Å². The number of fused-ring (bicyclic) bond motifs is 7. The molecular weight excluding hydrogens is 499 g/mol. The summed E-state index contributed by atoms with van der Waals surface area (Å²) in [4.78, 5) is 0. The average molecular weight is 527 g/mol. The summed E-state index contributed by atoms with van der Waals surface area (Å²) in [5.74, 6) is 0. The molecule has 0 saturated heterocycles. The number of rotatable bonds is 3. The minimum absolute atomic E-state index is 1.28. The van der Waals surface area contributed by atoms with Gasteiger partial charge >= 0.3 is 0 Å². The van der Waals surface area contributed by atoms with Gasteiger partial charge < -0.3 is 0 Å². The summed E-state index contributed by atoms with van der Waals surface area (Å²) in [5, 5.41) is 10.8. The molecule has 0 bridgehead atoms. The van der Waals surface area contributed by atoms with Gasteiger partial charge in [-0.2, -0.15) is 0 Å². The van der Waals surface area contributed by atoms with E-state index in [1.54, 1.807) is 0 Å². The highest BCUT2D eigenvalue weighted by Crippen LogP contribution is 2.56. The van der Waals surface area contributed by atoms with Crippen molar-refractivity contribution in [2.75, 3.05) is 0 Å². The molecular formula is C39H27P. The van der Waals surface area contributed by atoms with Crippen LogP contribution in [0.15, 0.2) is 164 Å². The highest BCUT2D eigenvalue weighted by Gasteiger charge is 2.38. The highest BCUT2D eigenvalue weighted by atomic mass is 31.2. The van der Waals surface area contributed by atoms with E-state index < -0.39 is 6.89 Å². The van der Waals surface area contributed by atoms with Crippen molar-refractivity contribution in [1.29, 1.82) is 0 Å². The van der Waals surface area contributed by atoms with Crippen LogP contribution in [0.5, 0.6) is 0 Å². The maximum Gasteiger partial charge on any atom is 0.00148 e. The Hall–Kier alpha value is -4.64. The zero-order valence-corrected chi connectivity index (χ0v) is 22.9. The van der Waals surface area contributed by atoms with Gasteiger partial charge in [-0.05, 0) is 66.6 Å². The first-order chi connectivity index (χ1) is 19.9. The van der Waals surface area contributed by atoms with Crippen molar-refractivity contribution in [3.05, 3.63) is 175 Å². The maximum atomic E-state index is 2.36. The Morgan fingerprint density at radius 3 is 1.05 bits per heavy atom. The van der Waals surface area contributed by atoms with E-state index in [4.69, 9.17) is 0 Å². The van der Waals surface area contributed by atoms with E-state index in [0.717, 1.165) is 0 Å². The Kier molecular flexibility index (Phi) is 5.37. The lowest BCUT2D eigenvalue weighted by molar-refractivity contribution is 1.69. The first-order valence-corrected chi connectivity index (χ1v) is 15.6. The smallest absolute Gasteiger partial charge is 0.00148 e. The molecule has 0 aliphatic heterocycles. The van der Waals surface area contributed by atoms with Crippen LogP contribution in [0.2, 0.25) is 0 Å². The summed E-state index contributed by atoms with van der Waals surface area (Å²) < 4.78 is 0. The second kappa shape index (κ2) is 9.23. The monoisotopic (exact) mass is 526 g/mol. The molecule has 7 aromatic rings. The summed E-state index contributed by atoms with van der Waals surface area (Å²) in [7, 11) is 0. The fraction of sp³-hybridized carbons (Fsp3) is 0. The first-order valence-electron chi connectivity index (χ1n) is 13.9. The van der Waals surface area contributed by atoms with E-state index in [1.165, 1.54) is 65.0 Å². The minimum Gasteiger partial charge on any atom is -0.0622 e. The topological polar surface area (TPSA) is 0 Å². The summed E-state index contributed by atoms with van der Waals surface area (Å²) in [6, 6.07) is 60.9. The minimum atomic E-state index is -2.36. The van der Waals surface area contributed by atoms with Gasteiger partial charge in [0.05, 0.1) is 0 Å². The van der Waals surface area contributed by atoms with Gasteiger partial charge in [-0.25, -0.2) is 0 Å². The Morgan fingerprint density at radius 1 is 0.300 bits per heavy atom. The van der Waals surface area contributed by atoms with Crippen LogP contribution < -0.4 is 15.9 Å². The van der Waals surface area contributed by atoms with E-state index in [2.05, 4.69) is 164 Å². The molecule has 0 spiro atoms. The molecule has 1 aliphatic carbocycles. The molecule has 0 atom stereocenters. The Morgan fingerprint density at radius 2 is 0.650 bits per heavy atom. The van der Waals surface area contributed by atoms with E-state index in [-0.39, 0.29) is 0 Å². The first kappa shape index (κ1) is 23.3. The van der Waals surface area contributed by atoms with Crippen molar-refractivity contribution in [3.63, 3.8) is 0 Å². The normalized spacial score (nSPS) is 12.4. The predicted octanol–water partition coefficient (Wildman–Crippen LogP) is 8.54. The zero-order valence-electron chi connectivity index (χ0n) is 22.0. The largest absolute Gasteiger partial charge is 0.0622 e. The molecule has 0 unspecified atom stereocenters. The van der Waals surface area contributed by atoms with E-state index in [9.17, 15) is 0 Å². The standard InChI is InChI=1S/C39H27P/c1-4-16-30(17-5-1)40(31-18-6-2-7-19-31,32-20-8-3-9-21-32)39-37-33-22-12-10-14-28(33)24-26-35(37)36-27-25-29-15-11-13-23-34(29)38(36)39/h1-27H. The van der Waals surface area contributed by atoms with Gasteiger partial charge in [0.2, 0.25) is 0 Å². The summed E-state index contributed by atoms with van der Waals surface area (Å²) in [5.41, 5.74) is 5.44. The molecule has 0 heterocycles. The summed E-state index contributed by atoms with van der Waals surface area (Å²) >= 11 is 0. The molecule has 0 radical (unpaired) electrons. The second-order valence-electron chi connectivity index (χ2n) is 10.4. The van der Waals surface area contributed by atoms with Crippen molar-refractivity contribution in [3.8, 4) is 11.1 Å².